The van der Waals surface area contributed by atoms with Gasteiger partial charge in [0.1, 0.15) is 17.3 Å². The number of nitrogens with zero attached hydrogens (tertiary/aromatic N) is 2. The van der Waals surface area contributed by atoms with Crippen molar-refractivity contribution in [3.05, 3.63) is 53.3 Å². The first kappa shape index (κ1) is 28.6. The van der Waals surface area contributed by atoms with E-state index in [1.165, 1.54) is 13.5 Å². The number of ether oxygens (including phenoxy) is 3. The molecule has 0 saturated heterocycles. The number of alkyl halides is 3. The fourth-order valence-electron chi connectivity index (χ4n) is 5.96. The quantitative estimate of drug-likeness (QED) is 0.138. The van der Waals surface area contributed by atoms with Crippen LogP contribution in [0.4, 0.5) is 8.78 Å². The minimum absolute atomic E-state index is 0.115. The summed E-state index contributed by atoms with van der Waals surface area (Å²) < 4.78 is 40.8. The smallest absolute Gasteiger partial charge is 0.451 e. The predicted molar refractivity (Wildman–Crippen MR) is 151 cm³/mol. The standard InChI is InChI=1S/C29H35F2IN2O4/c1-18-12-21(17-28(2,3)16-18)34-24-15-25(36-4)20(8-11-27(35)37-5)14-23(24)33-26(34)13-19-6-9-22(10-7-19)38-29(30,31)32/h6-7,9-10,14-15,18,21H,8,11-13,16-17H2,1-5H3/t18-,21+/m0/s1. The summed E-state index contributed by atoms with van der Waals surface area (Å²) in [5.74, 6) is 2.05. The molecule has 1 aliphatic carbocycles. The van der Waals surface area contributed by atoms with Crippen LogP contribution in [0.15, 0.2) is 36.4 Å². The number of carbonyl (C=O) groups is 1. The van der Waals surface area contributed by atoms with Gasteiger partial charge in [0, 0.05) is 24.9 Å². The maximum atomic E-state index is 13.3. The van der Waals surface area contributed by atoms with Gasteiger partial charge in [-0.1, -0.05) is 32.9 Å². The van der Waals surface area contributed by atoms with E-state index in [2.05, 4.69) is 30.1 Å². The molecule has 4 rings (SSSR count). The van der Waals surface area contributed by atoms with Crippen LogP contribution in [0.25, 0.3) is 11.0 Å². The molecule has 0 spiro atoms. The Morgan fingerprint density at radius 2 is 1.89 bits per heavy atom. The number of aromatic nitrogens is 2. The maximum Gasteiger partial charge on any atom is 0.451 e. The van der Waals surface area contributed by atoms with E-state index in [9.17, 15) is 13.6 Å². The third kappa shape index (κ3) is 6.95. The fraction of sp³-hybridized carbons (Fsp3) is 0.517. The Balaban J connectivity index is 1.76. The van der Waals surface area contributed by atoms with Gasteiger partial charge in [-0.2, -0.15) is 8.78 Å². The molecular weight excluding hydrogens is 605 g/mol. The normalized spacial score (nSPS) is 19.4. The van der Waals surface area contributed by atoms with Crippen LogP contribution in [0.2, 0.25) is 0 Å². The van der Waals surface area contributed by atoms with Crippen LogP contribution in [0, 0.1) is 11.3 Å². The van der Waals surface area contributed by atoms with Crippen molar-refractivity contribution in [2.24, 2.45) is 11.3 Å². The number of rotatable bonds is 9. The highest BCUT2D eigenvalue weighted by Crippen LogP contribution is 2.46. The average Bonchev–Trinajstić information content (AvgIpc) is 3.17. The van der Waals surface area contributed by atoms with Gasteiger partial charge in [-0.3, -0.25) is 4.79 Å². The SMILES string of the molecule is COC(=O)CCc1cc2nc(Cc3ccc(OC(F)(F)I)cc3)n([C@@H]3C[C@H](C)CC(C)(C)C3)c2cc1OC. The van der Waals surface area contributed by atoms with Crippen LogP contribution in [0.5, 0.6) is 11.5 Å². The highest BCUT2D eigenvalue weighted by Gasteiger charge is 2.35. The van der Waals surface area contributed by atoms with Gasteiger partial charge in [-0.15, -0.1) is 0 Å². The summed E-state index contributed by atoms with van der Waals surface area (Å²) in [6.07, 6.45) is 4.54. The molecule has 6 nitrogen and oxygen atoms in total. The summed E-state index contributed by atoms with van der Waals surface area (Å²) >= 11 is 0.963. The molecular formula is C29H35F2IN2O4. The van der Waals surface area contributed by atoms with Gasteiger partial charge in [-0.25, -0.2) is 4.98 Å². The van der Waals surface area contributed by atoms with Gasteiger partial charge in [0.05, 0.1) is 47.8 Å². The Hall–Kier alpha value is -2.43. The number of aryl methyl sites for hydroxylation is 1. The number of halogens is 3. The zero-order valence-electron chi connectivity index (χ0n) is 22.5. The van der Waals surface area contributed by atoms with Crippen LogP contribution in [-0.4, -0.2) is 33.9 Å². The van der Waals surface area contributed by atoms with E-state index in [4.69, 9.17) is 14.5 Å². The molecule has 9 heteroatoms. The first-order chi connectivity index (χ1) is 17.9. The highest BCUT2D eigenvalue weighted by atomic mass is 127. The molecule has 0 unspecified atom stereocenters. The Morgan fingerprint density at radius 1 is 1.18 bits per heavy atom. The van der Waals surface area contributed by atoms with Crippen LogP contribution in [0.1, 0.15) is 69.4 Å². The molecule has 1 heterocycles. The van der Waals surface area contributed by atoms with Crippen LogP contribution >= 0.6 is 22.6 Å². The minimum Gasteiger partial charge on any atom is -0.496 e. The topological polar surface area (TPSA) is 62.6 Å². The Kier molecular flexibility index (Phi) is 8.54. The number of methoxy groups -OCH3 is 2. The molecule has 0 bridgehead atoms. The molecule has 1 aliphatic rings. The lowest BCUT2D eigenvalue weighted by Crippen LogP contribution is -2.30. The Bertz CT molecular complexity index is 1280. The van der Waals surface area contributed by atoms with Gasteiger partial charge in [0.25, 0.3) is 0 Å². The van der Waals surface area contributed by atoms with Crippen LogP contribution < -0.4 is 9.47 Å². The van der Waals surface area contributed by atoms with Crippen molar-refractivity contribution in [1.29, 1.82) is 0 Å². The van der Waals surface area contributed by atoms with Gasteiger partial charge >= 0.3 is 10.1 Å². The molecule has 1 saturated carbocycles. The number of hydrogen-bond donors (Lipinski definition) is 0. The van der Waals surface area contributed by atoms with Gasteiger partial charge in [0.2, 0.25) is 0 Å². The highest BCUT2D eigenvalue weighted by molar-refractivity contribution is 14.1. The third-order valence-corrected chi connectivity index (χ3v) is 7.46. The van der Waals surface area contributed by atoms with Gasteiger partial charge in [0.15, 0.2) is 0 Å². The number of hydrogen-bond acceptors (Lipinski definition) is 5. The summed E-state index contributed by atoms with van der Waals surface area (Å²) in [7, 11) is 3.02. The number of esters is 1. The summed E-state index contributed by atoms with van der Waals surface area (Å²) in [5.41, 5.74) is 3.90. The summed E-state index contributed by atoms with van der Waals surface area (Å²) in [6.45, 7) is 6.95. The average molecular weight is 641 g/mol. The predicted octanol–water partition coefficient (Wildman–Crippen LogP) is 7.49. The zero-order valence-corrected chi connectivity index (χ0v) is 24.7. The van der Waals surface area contributed by atoms with Gasteiger partial charge in [-0.05, 0) is 66.3 Å². The molecule has 2 atom stereocenters. The van der Waals surface area contributed by atoms with Gasteiger partial charge < -0.3 is 18.8 Å². The maximum absolute atomic E-state index is 13.3. The largest absolute Gasteiger partial charge is 0.496 e. The second-order valence-corrected chi connectivity index (χ2v) is 12.3. The van der Waals surface area contributed by atoms with E-state index in [-0.39, 0.29) is 29.6 Å². The second-order valence-electron chi connectivity index (χ2n) is 11.1. The lowest BCUT2D eigenvalue weighted by atomic mass is 9.70. The molecule has 1 aromatic heterocycles. The molecule has 3 aromatic rings. The molecule has 1 fully saturated rings. The summed E-state index contributed by atoms with van der Waals surface area (Å²) in [4.78, 5) is 16.8. The molecule has 0 amide bonds. The zero-order chi connectivity index (χ0) is 27.7. The van der Waals surface area contributed by atoms with Crippen molar-refractivity contribution in [1.82, 2.24) is 9.55 Å². The molecule has 206 valence electrons. The lowest BCUT2D eigenvalue weighted by Gasteiger charge is -2.40. The summed E-state index contributed by atoms with van der Waals surface area (Å²) in [5, 5.41) is 0. The molecule has 0 aliphatic heterocycles. The van der Waals surface area contributed by atoms with Crippen molar-refractivity contribution in [2.75, 3.05) is 14.2 Å². The van der Waals surface area contributed by atoms with E-state index in [0.717, 1.165) is 69.2 Å². The van der Waals surface area contributed by atoms with E-state index in [1.54, 1.807) is 31.4 Å². The monoisotopic (exact) mass is 640 g/mol. The summed E-state index contributed by atoms with van der Waals surface area (Å²) in [6, 6.07) is 11.0. The van der Waals surface area contributed by atoms with Crippen molar-refractivity contribution >= 4 is 39.6 Å². The van der Waals surface area contributed by atoms with Crippen molar-refractivity contribution in [3.63, 3.8) is 0 Å². The number of carbonyl (C=O) groups excluding carboxylic acids is 1. The first-order valence-corrected chi connectivity index (χ1v) is 13.9. The second kappa shape index (κ2) is 11.4. The lowest BCUT2D eigenvalue weighted by molar-refractivity contribution is -0.140. The van der Waals surface area contributed by atoms with Crippen molar-refractivity contribution in [2.45, 2.75) is 69.5 Å². The van der Waals surface area contributed by atoms with E-state index >= 15 is 0 Å². The minimum atomic E-state index is -3.26. The van der Waals surface area contributed by atoms with Crippen molar-refractivity contribution < 1.29 is 27.8 Å². The Labute approximate surface area is 236 Å². The number of benzene rings is 2. The molecule has 0 N–H and O–H groups in total. The van der Waals surface area contributed by atoms with E-state index in [1.807, 2.05) is 12.1 Å². The number of fused-ring (bicyclic) bond motifs is 1. The first-order valence-electron chi connectivity index (χ1n) is 12.9. The Morgan fingerprint density at radius 3 is 2.50 bits per heavy atom. The third-order valence-electron chi connectivity index (χ3n) is 7.24. The van der Waals surface area contributed by atoms with Crippen LogP contribution in [-0.2, 0) is 22.4 Å². The molecule has 0 radical (unpaired) electrons. The van der Waals surface area contributed by atoms with Crippen molar-refractivity contribution in [3.8, 4) is 11.5 Å². The number of imidazole rings is 1. The van der Waals surface area contributed by atoms with E-state index in [0.29, 0.717) is 18.8 Å². The molecule has 38 heavy (non-hydrogen) atoms. The molecule has 2 aromatic carbocycles. The van der Waals surface area contributed by atoms with E-state index < -0.39 is 4.12 Å². The fourth-order valence-corrected chi connectivity index (χ4v) is 6.21. The van der Waals surface area contributed by atoms with Crippen LogP contribution in [0.3, 0.4) is 0 Å².